The molecule has 0 radical (unpaired) electrons. The summed E-state index contributed by atoms with van der Waals surface area (Å²) in [7, 11) is 0. The molecule has 1 aromatic heterocycles. The number of hydrogen-bond donors (Lipinski definition) is 1. The van der Waals surface area contributed by atoms with E-state index in [0.29, 0.717) is 16.3 Å². The number of nitrogens with zero attached hydrogens (tertiary/aromatic N) is 2. The maximum absolute atomic E-state index is 13.0. The Balaban J connectivity index is 1.80. The highest BCUT2D eigenvalue weighted by atomic mass is 35.5. The van der Waals surface area contributed by atoms with Gasteiger partial charge in [0.05, 0.1) is 6.54 Å². The molecule has 138 valence electrons. The molecule has 0 saturated carbocycles. The zero-order chi connectivity index (χ0) is 19.4. The summed E-state index contributed by atoms with van der Waals surface area (Å²) in [6.45, 7) is -0.288. The van der Waals surface area contributed by atoms with E-state index in [0.717, 1.165) is 4.57 Å². The first-order valence-corrected chi connectivity index (χ1v) is 8.40. The molecule has 1 amide bonds. The third kappa shape index (κ3) is 4.71. The van der Waals surface area contributed by atoms with E-state index in [-0.39, 0.29) is 12.4 Å². The lowest BCUT2D eigenvalue weighted by atomic mass is 10.2. The van der Waals surface area contributed by atoms with Gasteiger partial charge in [-0.1, -0.05) is 29.8 Å². The van der Waals surface area contributed by atoms with Crippen LogP contribution in [0.3, 0.4) is 0 Å². The molecule has 2 aromatic carbocycles. The molecule has 0 spiro atoms. The van der Waals surface area contributed by atoms with Crippen LogP contribution >= 0.6 is 11.6 Å². The molecular formula is C19H15ClFN3O3. The van der Waals surface area contributed by atoms with Gasteiger partial charge in [0.2, 0.25) is 5.91 Å². The monoisotopic (exact) mass is 387 g/mol. The number of carbonyl (C=O) groups is 1. The predicted molar refractivity (Wildman–Crippen MR) is 101 cm³/mol. The van der Waals surface area contributed by atoms with Crippen molar-refractivity contribution in [2.45, 2.75) is 13.1 Å². The van der Waals surface area contributed by atoms with Gasteiger partial charge >= 0.3 is 5.69 Å². The number of carbonyl (C=O) groups excluding carboxylic acids is 1. The van der Waals surface area contributed by atoms with E-state index in [1.165, 1.54) is 29.0 Å². The van der Waals surface area contributed by atoms with Crippen LogP contribution in [0.5, 0.6) is 0 Å². The normalized spacial score (nSPS) is 10.6. The van der Waals surface area contributed by atoms with Gasteiger partial charge in [-0.15, -0.1) is 0 Å². The van der Waals surface area contributed by atoms with Crippen molar-refractivity contribution >= 4 is 23.2 Å². The molecule has 0 bridgehead atoms. The summed E-state index contributed by atoms with van der Waals surface area (Å²) >= 11 is 5.86. The van der Waals surface area contributed by atoms with Crippen LogP contribution < -0.4 is 16.6 Å². The van der Waals surface area contributed by atoms with Crippen LogP contribution in [0, 0.1) is 5.82 Å². The summed E-state index contributed by atoms with van der Waals surface area (Å²) in [5.74, 6) is -0.912. The van der Waals surface area contributed by atoms with Gasteiger partial charge < -0.3 is 5.32 Å². The second kappa shape index (κ2) is 8.01. The van der Waals surface area contributed by atoms with E-state index < -0.39 is 23.7 Å². The van der Waals surface area contributed by atoms with E-state index >= 15 is 0 Å². The topological polar surface area (TPSA) is 73.1 Å². The van der Waals surface area contributed by atoms with Crippen molar-refractivity contribution < 1.29 is 9.18 Å². The standard InChI is InChI=1S/C19H15ClFN3O3/c20-14-2-1-3-16(10-14)22-17(25)12-24-18(26)8-9-23(19(24)27)11-13-4-6-15(21)7-5-13/h1-10H,11-12H2,(H,22,25). The van der Waals surface area contributed by atoms with Crippen molar-refractivity contribution in [3.8, 4) is 0 Å². The van der Waals surface area contributed by atoms with Gasteiger partial charge in [0.25, 0.3) is 5.56 Å². The SMILES string of the molecule is O=C(Cn1c(=O)ccn(Cc2ccc(F)cc2)c1=O)Nc1cccc(Cl)c1. The van der Waals surface area contributed by atoms with Crippen molar-refractivity contribution in [1.82, 2.24) is 9.13 Å². The van der Waals surface area contributed by atoms with Crippen molar-refractivity contribution in [2.24, 2.45) is 0 Å². The van der Waals surface area contributed by atoms with Crippen LogP contribution in [0.1, 0.15) is 5.56 Å². The summed E-state index contributed by atoms with van der Waals surface area (Å²) in [5.41, 5.74) is -0.0696. The molecule has 8 heteroatoms. The number of rotatable bonds is 5. The fourth-order valence-corrected chi connectivity index (χ4v) is 2.71. The van der Waals surface area contributed by atoms with E-state index in [1.54, 1.807) is 36.4 Å². The highest BCUT2D eigenvalue weighted by Gasteiger charge is 2.11. The molecule has 0 atom stereocenters. The van der Waals surface area contributed by atoms with Gasteiger partial charge in [-0.05, 0) is 35.9 Å². The van der Waals surface area contributed by atoms with Gasteiger partial charge in [0.15, 0.2) is 0 Å². The van der Waals surface area contributed by atoms with Gasteiger partial charge in [0.1, 0.15) is 12.4 Å². The molecule has 0 aliphatic rings. The van der Waals surface area contributed by atoms with Crippen molar-refractivity contribution in [3.63, 3.8) is 0 Å². The minimum Gasteiger partial charge on any atom is -0.324 e. The molecule has 6 nitrogen and oxygen atoms in total. The van der Waals surface area contributed by atoms with Crippen LogP contribution in [0.25, 0.3) is 0 Å². The van der Waals surface area contributed by atoms with Gasteiger partial charge in [0, 0.05) is 23.0 Å². The number of benzene rings is 2. The number of amides is 1. The fourth-order valence-electron chi connectivity index (χ4n) is 2.52. The maximum atomic E-state index is 13.0. The van der Waals surface area contributed by atoms with Crippen LogP contribution in [-0.2, 0) is 17.9 Å². The van der Waals surface area contributed by atoms with Gasteiger partial charge in [-0.3, -0.25) is 18.7 Å². The summed E-state index contributed by atoms with van der Waals surface area (Å²) < 4.78 is 15.1. The lowest BCUT2D eigenvalue weighted by Crippen LogP contribution is -2.41. The maximum Gasteiger partial charge on any atom is 0.331 e. The molecule has 1 heterocycles. The summed E-state index contributed by atoms with van der Waals surface area (Å²) in [4.78, 5) is 36.8. The van der Waals surface area contributed by atoms with Gasteiger partial charge in [-0.25, -0.2) is 9.18 Å². The minimum absolute atomic E-state index is 0.148. The van der Waals surface area contributed by atoms with Crippen molar-refractivity contribution in [1.29, 1.82) is 0 Å². The lowest BCUT2D eigenvalue weighted by Gasteiger charge is -2.10. The Morgan fingerprint density at radius 1 is 1.07 bits per heavy atom. The Kier molecular flexibility index (Phi) is 5.52. The zero-order valence-electron chi connectivity index (χ0n) is 14.1. The Morgan fingerprint density at radius 3 is 2.52 bits per heavy atom. The van der Waals surface area contributed by atoms with E-state index in [9.17, 15) is 18.8 Å². The predicted octanol–water partition coefficient (Wildman–Crippen LogP) is 2.49. The number of nitrogens with one attached hydrogen (secondary N) is 1. The van der Waals surface area contributed by atoms with Crippen LogP contribution in [0.2, 0.25) is 5.02 Å². The molecule has 0 aliphatic heterocycles. The Hall–Kier alpha value is -3.19. The van der Waals surface area contributed by atoms with Gasteiger partial charge in [-0.2, -0.15) is 0 Å². The number of aromatic nitrogens is 2. The molecule has 0 fully saturated rings. The third-order valence-corrected chi connectivity index (χ3v) is 4.05. The third-order valence-electron chi connectivity index (χ3n) is 3.82. The fraction of sp³-hybridized carbons (Fsp3) is 0.105. The first-order chi connectivity index (χ1) is 12.9. The van der Waals surface area contributed by atoms with Crippen LogP contribution in [0.4, 0.5) is 10.1 Å². The highest BCUT2D eigenvalue weighted by molar-refractivity contribution is 6.30. The smallest absolute Gasteiger partial charge is 0.324 e. The average Bonchev–Trinajstić information content (AvgIpc) is 2.63. The molecule has 0 unspecified atom stereocenters. The molecule has 3 rings (SSSR count). The zero-order valence-corrected chi connectivity index (χ0v) is 14.8. The quantitative estimate of drug-likeness (QED) is 0.731. The Labute approximate surface area is 158 Å². The van der Waals surface area contributed by atoms with E-state index in [4.69, 9.17) is 11.6 Å². The molecule has 3 aromatic rings. The van der Waals surface area contributed by atoms with Crippen molar-refractivity contribution in [2.75, 3.05) is 5.32 Å². The van der Waals surface area contributed by atoms with Crippen molar-refractivity contribution in [3.05, 3.63) is 98.0 Å². The first-order valence-electron chi connectivity index (χ1n) is 8.02. The number of hydrogen-bond acceptors (Lipinski definition) is 3. The molecule has 1 N–H and O–H groups in total. The minimum atomic E-state index is -0.631. The largest absolute Gasteiger partial charge is 0.331 e. The second-order valence-electron chi connectivity index (χ2n) is 5.84. The average molecular weight is 388 g/mol. The highest BCUT2D eigenvalue weighted by Crippen LogP contribution is 2.14. The number of halogens is 2. The van der Waals surface area contributed by atoms with Crippen LogP contribution in [0.15, 0.2) is 70.4 Å². The summed E-state index contributed by atoms with van der Waals surface area (Å²) in [6, 6.07) is 13.4. The summed E-state index contributed by atoms with van der Waals surface area (Å²) in [6.07, 6.45) is 1.35. The molecule has 0 aliphatic carbocycles. The molecular weight excluding hydrogens is 373 g/mol. The lowest BCUT2D eigenvalue weighted by molar-refractivity contribution is -0.116. The molecule has 0 saturated heterocycles. The number of anilines is 1. The Morgan fingerprint density at radius 2 is 1.81 bits per heavy atom. The van der Waals surface area contributed by atoms with E-state index in [1.807, 2.05) is 0 Å². The van der Waals surface area contributed by atoms with E-state index in [2.05, 4.69) is 5.32 Å². The van der Waals surface area contributed by atoms with Crippen LogP contribution in [-0.4, -0.2) is 15.0 Å². The summed E-state index contributed by atoms with van der Waals surface area (Å²) in [5, 5.41) is 3.04. The molecule has 27 heavy (non-hydrogen) atoms. The Bertz CT molecular complexity index is 1090. The first kappa shape index (κ1) is 18.6. The second-order valence-corrected chi connectivity index (χ2v) is 6.27.